The zero-order chi connectivity index (χ0) is 12.4. The van der Waals surface area contributed by atoms with Crippen LogP contribution in [0.1, 0.15) is 18.2 Å². The number of benzene rings is 1. The van der Waals surface area contributed by atoms with Gasteiger partial charge in [0.05, 0.1) is 12.2 Å². The number of hydrogen-bond donors (Lipinski definition) is 1. The molecule has 0 bridgehead atoms. The Morgan fingerprint density at radius 3 is 2.76 bits per heavy atom. The highest BCUT2D eigenvalue weighted by Crippen LogP contribution is 2.14. The molecule has 2 rings (SSSR count). The van der Waals surface area contributed by atoms with Gasteiger partial charge in [-0.05, 0) is 12.5 Å². The van der Waals surface area contributed by atoms with Gasteiger partial charge < -0.3 is 5.73 Å². The fourth-order valence-electron chi connectivity index (χ4n) is 1.65. The minimum absolute atomic E-state index is 0.194. The van der Waals surface area contributed by atoms with Crippen molar-refractivity contribution in [2.75, 3.05) is 5.73 Å². The van der Waals surface area contributed by atoms with Crippen LogP contribution < -0.4 is 5.73 Å². The minimum atomic E-state index is -0.597. The third kappa shape index (κ3) is 2.25. The second-order valence-corrected chi connectivity index (χ2v) is 3.67. The largest absolute Gasteiger partial charge is 0.381 e. The fourth-order valence-corrected chi connectivity index (χ4v) is 1.65. The average Bonchev–Trinajstić information content (AvgIpc) is 2.63. The second-order valence-electron chi connectivity index (χ2n) is 3.67. The summed E-state index contributed by atoms with van der Waals surface area (Å²) in [5.41, 5.74) is 6.72. The van der Waals surface area contributed by atoms with Crippen LogP contribution in [0, 0.1) is 11.6 Å². The first-order valence-corrected chi connectivity index (χ1v) is 5.23. The Morgan fingerprint density at radius 1 is 1.35 bits per heavy atom. The number of anilines is 1. The van der Waals surface area contributed by atoms with E-state index in [0.29, 0.717) is 17.8 Å². The summed E-state index contributed by atoms with van der Waals surface area (Å²) >= 11 is 0. The normalized spacial score (nSPS) is 10.8. The van der Waals surface area contributed by atoms with E-state index in [-0.39, 0.29) is 6.54 Å². The molecule has 4 nitrogen and oxygen atoms in total. The minimum Gasteiger partial charge on any atom is -0.381 e. The van der Waals surface area contributed by atoms with Gasteiger partial charge in [0, 0.05) is 11.6 Å². The highest BCUT2D eigenvalue weighted by atomic mass is 19.1. The molecule has 0 saturated heterocycles. The quantitative estimate of drug-likeness (QED) is 0.886. The van der Waals surface area contributed by atoms with Crippen LogP contribution in [0.3, 0.4) is 0 Å². The van der Waals surface area contributed by atoms with Gasteiger partial charge in [0.15, 0.2) is 5.82 Å². The van der Waals surface area contributed by atoms with Gasteiger partial charge >= 0.3 is 0 Å². The van der Waals surface area contributed by atoms with Crippen LogP contribution in [0.2, 0.25) is 0 Å². The van der Waals surface area contributed by atoms with E-state index in [1.54, 1.807) is 0 Å². The van der Waals surface area contributed by atoms with E-state index in [9.17, 15) is 8.78 Å². The van der Waals surface area contributed by atoms with Gasteiger partial charge in [-0.1, -0.05) is 18.2 Å². The van der Waals surface area contributed by atoms with Gasteiger partial charge in [-0.15, -0.1) is 5.10 Å². The molecule has 0 aliphatic heterocycles. The van der Waals surface area contributed by atoms with E-state index in [0.717, 1.165) is 11.8 Å². The molecule has 1 aromatic heterocycles. The number of halogens is 2. The van der Waals surface area contributed by atoms with Gasteiger partial charge in [-0.2, -0.15) is 0 Å². The lowest BCUT2D eigenvalue weighted by atomic mass is 10.2. The van der Waals surface area contributed by atoms with Crippen LogP contribution in [-0.4, -0.2) is 15.0 Å². The van der Waals surface area contributed by atoms with Crippen LogP contribution in [-0.2, 0) is 13.0 Å². The first-order chi connectivity index (χ1) is 8.11. The van der Waals surface area contributed by atoms with Gasteiger partial charge in [0.25, 0.3) is 0 Å². The highest BCUT2D eigenvalue weighted by molar-refractivity contribution is 5.33. The standard InChI is InChI=1S/C11H12F2N4/c1-2-10-11(14)15-16-17(10)6-7-3-4-8(12)5-9(7)13/h3-5H,2,6,14H2,1H3. The summed E-state index contributed by atoms with van der Waals surface area (Å²) in [6, 6.07) is 3.45. The number of hydrogen-bond acceptors (Lipinski definition) is 3. The molecule has 0 radical (unpaired) electrons. The van der Waals surface area contributed by atoms with Crippen molar-refractivity contribution in [2.45, 2.75) is 19.9 Å². The maximum absolute atomic E-state index is 13.4. The molecule has 6 heteroatoms. The SMILES string of the molecule is CCc1c(N)nnn1Cc1ccc(F)cc1F. The van der Waals surface area contributed by atoms with Crippen molar-refractivity contribution >= 4 is 5.82 Å². The maximum Gasteiger partial charge on any atom is 0.169 e. The third-order valence-corrected chi connectivity index (χ3v) is 2.54. The predicted octanol–water partition coefficient (Wildman–Crippen LogP) is 1.75. The predicted molar refractivity (Wildman–Crippen MR) is 59.3 cm³/mol. The van der Waals surface area contributed by atoms with Crippen molar-refractivity contribution in [3.63, 3.8) is 0 Å². The first kappa shape index (κ1) is 11.5. The smallest absolute Gasteiger partial charge is 0.169 e. The van der Waals surface area contributed by atoms with Crippen LogP contribution in [0.15, 0.2) is 18.2 Å². The van der Waals surface area contributed by atoms with E-state index < -0.39 is 11.6 Å². The molecule has 0 fully saturated rings. The number of aromatic nitrogens is 3. The van der Waals surface area contributed by atoms with Gasteiger partial charge in [-0.3, -0.25) is 0 Å². The zero-order valence-electron chi connectivity index (χ0n) is 9.32. The molecule has 1 aromatic carbocycles. The molecular formula is C11H12F2N4. The number of rotatable bonds is 3. The van der Waals surface area contributed by atoms with Gasteiger partial charge in [0.1, 0.15) is 11.6 Å². The zero-order valence-corrected chi connectivity index (χ0v) is 9.32. The van der Waals surface area contributed by atoms with Crippen LogP contribution in [0.5, 0.6) is 0 Å². The number of nitrogen functional groups attached to an aromatic ring is 1. The third-order valence-electron chi connectivity index (χ3n) is 2.54. The van der Waals surface area contributed by atoms with Gasteiger partial charge in [0.2, 0.25) is 0 Å². The lowest BCUT2D eigenvalue weighted by Crippen LogP contribution is -2.08. The molecule has 2 N–H and O–H groups in total. The molecular weight excluding hydrogens is 226 g/mol. The summed E-state index contributed by atoms with van der Waals surface area (Å²) in [6.07, 6.45) is 0.654. The summed E-state index contributed by atoms with van der Waals surface area (Å²) in [4.78, 5) is 0. The van der Waals surface area contributed by atoms with E-state index in [1.165, 1.54) is 16.8 Å². The Morgan fingerprint density at radius 2 is 2.12 bits per heavy atom. The first-order valence-electron chi connectivity index (χ1n) is 5.23. The Bertz CT molecular complexity index is 536. The molecule has 0 aliphatic carbocycles. The summed E-state index contributed by atoms with van der Waals surface area (Å²) < 4.78 is 27.7. The van der Waals surface area contributed by atoms with Crippen LogP contribution in [0.25, 0.3) is 0 Å². The topological polar surface area (TPSA) is 56.7 Å². The maximum atomic E-state index is 13.4. The Kier molecular flexibility index (Phi) is 3.03. The van der Waals surface area contributed by atoms with Crippen LogP contribution >= 0.6 is 0 Å². The molecule has 0 aliphatic rings. The van der Waals surface area contributed by atoms with E-state index in [2.05, 4.69) is 10.3 Å². The molecule has 0 spiro atoms. The van der Waals surface area contributed by atoms with E-state index >= 15 is 0 Å². The molecule has 0 amide bonds. The Labute approximate surface area is 97.0 Å². The monoisotopic (exact) mass is 238 g/mol. The number of nitrogens with two attached hydrogens (primary N) is 1. The van der Waals surface area contributed by atoms with Gasteiger partial charge in [-0.25, -0.2) is 13.5 Å². The van der Waals surface area contributed by atoms with E-state index in [4.69, 9.17) is 5.73 Å². The molecule has 2 aromatic rings. The van der Waals surface area contributed by atoms with Crippen molar-refractivity contribution in [2.24, 2.45) is 0 Å². The fraction of sp³-hybridized carbons (Fsp3) is 0.273. The number of nitrogens with zero attached hydrogens (tertiary/aromatic N) is 3. The Balaban J connectivity index is 2.31. The van der Waals surface area contributed by atoms with Crippen molar-refractivity contribution in [1.29, 1.82) is 0 Å². The van der Waals surface area contributed by atoms with Crippen molar-refractivity contribution in [1.82, 2.24) is 15.0 Å². The summed E-state index contributed by atoms with van der Waals surface area (Å²) in [5.74, 6) is -0.851. The van der Waals surface area contributed by atoms with E-state index in [1.807, 2.05) is 6.92 Å². The average molecular weight is 238 g/mol. The van der Waals surface area contributed by atoms with Crippen molar-refractivity contribution in [3.05, 3.63) is 41.1 Å². The van der Waals surface area contributed by atoms with Crippen molar-refractivity contribution < 1.29 is 8.78 Å². The highest BCUT2D eigenvalue weighted by Gasteiger charge is 2.11. The summed E-state index contributed by atoms with van der Waals surface area (Å²) in [7, 11) is 0. The lowest BCUT2D eigenvalue weighted by molar-refractivity contribution is 0.548. The summed E-state index contributed by atoms with van der Waals surface area (Å²) in [5, 5.41) is 7.55. The molecule has 0 unspecified atom stereocenters. The van der Waals surface area contributed by atoms with Crippen molar-refractivity contribution in [3.8, 4) is 0 Å². The molecule has 0 atom stereocenters. The molecule has 1 heterocycles. The molecule has 0 saturated carbocycles. The summed E-state index contributed by atoms with van der Waals surface area (Å²) in [6.45, 7) is 2.10. The molecule has 90 valence electrons. The second kappa shape index (κ2) is 4.48. The van der Waals surface area contributed by atoms with Crippen LogP contribution in [0.4, 0.5) is 14.6 Å². The Hall–Kier alpha value is -1.98. The molecule has 17 heavy (non-hydrogen) atoms. The lowest BCUT2D eigenvalue weighted by Gasteiger charge is -2.06.